The van der Waals surface area contributed by atoms with Crippen molar-refractivity contribution < 1.29 is 4.79 Å². The van der Waals surface area contributed by atoms with Crippen molar-refractivity contribution in [3.63, 3.8) is 0 Å². The SMILES string of the molecule is Cc1ccc(-c2sc(-c3ccccc3)nc2CC(=O)Nc2c(C)cccc2C)cc1. The lowest BCUT2D eigenvalue weighted by Gasteiger charge is -2.11. The molecule has 0 aliphatic heterocycles. The van der Waals surface area contributed by atoms with Gasteiger partial charge in [0.15, 0.2) is 0 Å². The number of nitrogens with zero attached hydrogens (tertiary/aromatic N) is 1. The van der Waals surface area contributed by atoms with Gasteiger partial charge in [0.1, 0.15) is 5.01 Å². The van der Waals surface area contributed by atoms with E-state index in [-0.39, 0.29) is 12.3 Å². The fourth-order valence-corrected chi connectivity index (χ4v) is 4.55. The summed E-state index contributed by atoms with van der Waals surface area (Å²) in [6, 6.07) is 24.5. The molecule has 3 aromatic carbocycles. The number of aryl methyl sites for hydroxylation is 3. The first kappa shape index (κ1) is 20.0. The normalized spacial score (nSPS) is 10.8. The van der Waals surface area contributed by atoms with E-state index in [4.69, 9.17) is 4.98 Å². The molecule has 1 heterocycles. The minimum Gasteiger partial charge on any atom is -0.325 e. The van der Waals surface area contributed by atoms with Crippen LogP contribution in [0.15, 0.2) is 72.8 Å². The van der Waals surface area contributed by atoms with Crippen LogP contribution in [0.25, 0.3) is 21.0 Å². The molecule has 0 fully saturated rings. The molecule has 1 amide bonds. The van der Waals surface area contributed by atoms with Crippen LogP contribution in [0.3, 0.4) is 0 Å². The van der Waals surface area contributed by atoms with E-state index in [1.165, 1.54) is 5.56 Å². The Morgan fingerprint density at radius 1 is 0.833 bits per heavy atom. The molecule has 1 aromatic heterocycles. The molecule has 0 aliphatic rings. The van der Waals surface area contributed by atoms with Gasteiger partial charge in [0.2, 0.25) is 5.91 Å². The molecule has 0 saturated heterocycles. The summed E-state index contributed by atoms with van der Waals surface area (Å²) in [7, 11) is 0. The summed E-state index contributed by atoms with van der Waals surface area (Å²) in [5.74, 6) is -0.0503. The van der Waals surface area contributed by atoms with E-state index in [9.17, 15) is 4.79 Å². The number of hydrogen-bond acceptors (Lipinski definition) is 3. The third kappa shape index (κ3) is 4.34. The number of benzene rings is 3. The van der Waals surface area contributed by atoms with Gasteiger partial charge in [-0.25, -0.2) is 4.98 Å². The average molecular weight is 413 g/mol. The van der Waals surface area contributed by atoms with Crippen LogP contribution >= 0.6 is 11.3 Å². The summed E-state index contributed by atoms with van der Waals surface area (Å²) in [6.07, 6.45) is 0.236. The van der Waals surface area contributed by atoms with E-state index < -0.39 is 0 Å². The van der Waals surface area contributed by atoms with E-state index in [0.29, 0.717) is 0 Å². The Kier molecular flexibility index (Phi) is 5.77. The maximum atomic E-state index is 12.9. The number of carbonyl (C=O) groups excluding carboxylic acids is 1. The highest BCUT2D eigenvalue weighted by Gasteiger charge is 2.18. The molecule has 0 bridgehead atoms. The van der Waals surface area contributed by atoms with Crippen LogP contribution in [0.2, 0.25) is 0 Å². The van der Waals surface area contributed by atoms with Crippen LogP contribution in [0.1, 0.15) is 22.4 Å². The highest BCUT2D eigenvalue weighted by Crippen LogP contribution is 2.36. The first-order valence-corrected chi connectivity index (χ1v) is 10.8. The maximum Gasteiger partial charge on any atom is 0.230 e. The number of carbonyl (C=O) groups is 1. The number of nitrogens with one attached hydrogen (secondary N) is 1. The van der Waals surface area contributed by atoms with Crippen molar-refractivity contribution in [3.05, 3.63) is 95.2 Å². The average Bonchev–Trinajstić information content (AvgIpc) is 3.16. The Morgan fingerprint density at radius 3 is 2.17 bits per heavy atom. The van der Waals surface area contributed by atoms with Crippen LogP contribution < -0.4 is 5.32 Å². The van der Waals surface area contributed by atoms with Crippen molar-refractivity contribution in [2.75, 3.05) is 5.32 Å². The molecule has 4 aromatic rings. The molecule has 0 radical (unpaired) electrons. The third-order valence-electron chi connectivity index (χ3n) is 5.11. The summed E-state index contributed by atoms with van der Waals surface area (Å²) in [4.78, 5) is 18.8. The Bertz CT molecular complexity index is 1160. The van der Waals surface area contributed by atoms with Crippen LogP contribution in [0, 0.1) is 20.8 Å². The second kappa shape index (κ2) is 8.64. The molecule has 150 valence electrons. The maximum absolute atomic E-state index is 12.9. The number of aromatic nitrogens is 1. The van der Waals surface area contributed by atoms with Gasteiger partial charge in [-0.3, -0.25) is 4.79 Å². The summed E-state index contributed by atoms with van der Waals surface area (Å²) in [5, 5.41) is 4.02. The van der Waals surface area contributed by atoms with Crippen molar-refractivity contribution in [2.24, 2.45) is 0 Å². The molecule has 4 rings (SSSR count). The molecule has 3 nitrogen and oxygen atoms in total. The van der Waals surface area contributed by atoms with E-state index in [1.807, 2.05) is 50.2 Å². The summed E-state index contributed by atoms with van der Waals surface area (Å²) >= 11 is 1.64. The van der Waals surface area contributed by atoms with Crippen molar-refractivity contribution in [2.45, 2.75) is 27.2 Å². The quantitative estimate of drug-likeness (QED) is 0.402. The first-order valence-electron chi connectivity index (χ1n) is 9.99. The molecular weight excluding hydrogens is 388 g/mol. The van der Waals surface area contributed by atoms with Gasteiger partial charge in [-0.1, -0.05) is 78.4 Å². The summed E-state index contributed by atoms with van der Waals surface area (Å²) in [6.45, 7) is 6.10. The fraction of sp³-hybridized carbons (Fsp3) is 0.154. The van der Waals surface area contributed by atoms with Gasteiger partial charge in [-0.05, 0) is 37.5 Å². The molecule has 0 atom stereocenters. The van der Waals surface area contributed by atoms with Gasteiger partial charge in [0.05, 0.1) is 17.0 Å². The second-order valence-corrected chi connectivity index (χ2v) is 8.52. The van der Waals surface area contributed by atoms with Crippen molar-refractivity contribution in [3.8, 4) is 21.0 Å². The highest BCUT2D eigenvalue weighted by molar-refractivity contribution is 7.18. The van der Waals surface area contributed by atoms with Gasteiger partial charge in [0.25, 0.3) is 0 Å². The van der Waals surface area contributed by atoms with E-state index in [2.05, 4.69) is 48.6 Å². The van der Waals surface area contributed by atoms with Crippen LogP contribution in [-0.4, -0.2) is 10.9 Å². The Balaban J connectivity index is 1.68. The van der Waals surface area contributed by atoms with E-state index in [1.54, 1.807) is 11.3 Å². The lowest BCUT2D eigenvalue weighted by atomic mass is 10.1. The predicted octanol–water partition coefficient (Wildman–Crippen LogP) is 6.58. The van der Waals surface area contributed by atoms with Crippen molar-refractivity contribution in [1.82, 2.24) is 4.98 Å². The van der Waals surface area contributed by atoms with Crippen LogP contribution in [0.5, 0.6) is 0 Å². The van der Waals surface area contributed by atoms with Gasteiger partial charge in [-0.2, -0.15) is 0 Å². The molecule has 0 unspecified atom stereocenters. The number of thiazole rings is 1. The first-order chi connectivity index (χ1) is 14.5. The number of anilines is 1. The molecule has 1 N–H and O–H groups in total. The molecule has 0 spiro atoms. The van der Waals surface area contributed by atoms with Gasteiger partial charge in [0, 0.05) is 11.3 Å². The van der Waals surface area contributed by atoms with Gasteiger partial charge in [-0.15, -0.1) is 11.3 Å². The largest absolute Gasteiger partial charge is 0.325 e. The summed E-state index contributed by atoms with van der Waals surface area (Å²) in [5.41, 5.74) is 7.19. The van der Waals surface area contributed by atoms with E-state index in [0.717, 1.165) is 43.5 Å². The lowest BCUT2D eigenvalue weighted by molar-refractivity contribution is -0.115. The highest BCUT2D eigenvalue weighted by atomic mass is 32.1. The lowest BCUT2D eigenvalue weighted by Crippen LogP contribution is -2.16. The number of amides is 1. The molecule has 0 aliphatic carbocycles. The molecule has 4 heteroatoms. The van der Waals surface area contributed by atoms with Crippen LogP contribution in [0.4, 0.5) is 5.69 Å². The van der Waals surface area contributed by atoms with E-state index >= 15 is 0 Å². The monoisotopic (exact) mass is 412 g/mol. The van der Waals surface area contributed by atoms with Crippen LogP contribution in [-0.2, 0) is 11.2 Å². The minimum atomic E-state index is -0.0503. The van der Waals surface area contributed by atoms with Crippen molar-refractivity contribution in [1.29, 1.82) is 0 Å². The molecule has 0 saturated carbocycles. The third-order valence-corrected chi connectivity index (χ3v) is 6.30. The standard InChI is InChI=1S/C26H24N2OS/c1-17-12-14-20(15-13-17)25-22(27-26(30-25)21-10-5-4-6-11-21)16-23(29)28-24-18(2)8-7-9-19(24)3/h4-15H,16H2,1-3H3,(H,28,29). The second-order valence-electron chi connectivity index (χ2n) is 7.52. The van der Waals surface area contributed by atoms with Gasteiger partial charge >= 0.3 is 0 Å². The fourth-order valence-electron chi connectivity index (χ4n) is 3.45. The van der Waals surface area contributed by atoms with Crippen molar-refractivity contribution >= 4 is 22.9 Å². The predicted molar refractivity (Wildman–Crippen MR) is 126 cm³/mol. The minimum absolute atomic E-state index is 0.0503. The summed E-state index contributed by atoms with van der Waals surface area (Å²) < 4.78 is 0. The number of hydrogen-bond donors (Lipinski definition) is 1. The Morgan fingerprint density at radius 2 is 1.50 bits per heavy atom. The topological polar surface area (TPSA) is 42.0 Å². The zero-order valence-electron chi connectivity index (χ0n) is 17.4. The molecular formula is C26H24N2OS. The smallest absolute Gasteiger partial charge is 0.230 e. The number of para-hydroxylation sites is 1. The Hall–Kier alpha value is -3.24. The number of rotatable bonds is 5. The van der Waals surface area contributed by atoms with Gasteiger partial charge < -0.3 is 5.32 Å². The zero-order valence-corrected chi connectivity index (χ0v) is 18.2. The Labute approximate surface area is 181 Å². The zero-order chi connectivity index (χ0) is 21.1. The molecule has 30 heavy (non-hydrogen) atoms.